The van der Waals surface area contributed by atoms with Crippen LogP contribution in [-0.4, -0.2) is 15.7 Å². The van der Waals surface area contributed by atoms with Crippen LogP contribution in [0.1, 0.15) is 5.56 Å². The van der Waals surface area contributed by atoms with Gasteiger partial charge in [0.15, 0.2) is 0 Å². The number of hydrogen-bond acceptors (Lipinski definition) is 3. The maximum Gasteiger partial charge on any atom is 0.0999 e. The first-order valence-electron chi connectivity index (χ1n) is 8.91. The number of para-hydroxylation sites is 1. The van der Waals surface area contributed by atoms with Crippen molar-refractivity contribution in [2.45, 2.75) is 0 Å². The fourth-order valence-electron chi connectivity index (χ4n) is 3.06. The van der Waals surface area contributed by atoms with Crippen LogP contribution >= 0.6 is 0 Å². The standard InChI is InChI=1S/C24H18N2O2/c27-23(28)16-15-21-17-26(22-9-5-2-6-10-22)25-24(21)20-13-11-19(12-14-20)18-7-3-1-4-8-18/h1-17H,(H,27,28)/p-1/b16-15+. The number of carbonyl (C=O) groups excluding carboxylic acids is 1. The third-order valence-electron chi connectivity index (χ3n) is 4.43. The predicted octanol–water partition coefficient (Wildman–Crippen LogP) is 3.97. The van der Waals surface area contributed by atoms with Crippen molar-refractivity contribution in [2.75, 3.05) is 0 Å². The molecule has 28 heavy (non-hydrogen) atoms. The number of hydrogen-bond donors (Lipinski definition) is 0. The van der Waals surface area contributed by atoms with E-state index in [1.807, 2.05) is 79.0 Å². The van der Waals surface area contributed by atoms with E-state index in [0.29, 0.717) is 11.3 Å². The second-order valence-electron chi connectivity index (χ2n) is 6.31. The van der Waals surface area contributed by atoms with Crippen LogP contribution < -0.4 is 5.11 Å². The molecule has 0 spiro atoms. The highest BCUT2D eigenvalue weighted by molar-refractivity contribution is 5.86. The number of benzene rings is 3. The van der Waals surface area contributed by atoms with E-state index in [-0.39, 0.29) is 0 Å². The van der Waals surface area contributed by atoms with Crippen molar-refractivity contribution >= 4 is 12.0 Å². The van der Waals surface area contributed by atoms with Gasteiger partial charge in [-0.3, -0.25) is 0 Å². The Morgan fingerprint density at radius 3 is 2.00 bits per heavy atom. The lowest BCUT2D eigenvalue weighted by Gasteiger charge is -2.04. The molecule has 0 aliphatic carbocycles. The third kappa shape index (κ3) is 3.76. The highest BCUT2D eigenvalue weighted by Gasteiger charge is 2.11. The summed E-state index contributed by atoms with van der Waals surface area (Å²) in [4.78, 5) is 10.9. The van der Waals surface area contributed by atoms with Gasteiger partial charge in [-0.1, -0.05) is 72.8 Å². The molecule has 3 aromatic carbocycles. The minimum atomic E-state index is -1.24. The first kappa shape index (κ1) is 17.5. The zero-order valence-corrected chi connectivity index (χ0v) is 15.0. The molecule has 0 saturated carbocycles. The van der Waals surface area contributed by atoms with Gasteiger partial charge < -0.3 is 9.90 Å². The van der Waals surface area contributed by atoms with Gasteiger partial charge in [0, 0.05) is 17.3 Å². The summed E-state index contributed by atoms with van der Waals surface area (Å²) in [6.07, 6.45) is 4.35. The van der Waals surface area contributed by atoms with Crippen molar-refractivity contribution in [3.05, 3.63) is 103 Å². The average molecular weight is 365 g/mol. The zero-order valence-electron chi connectivity index (χ0n) is 15.0. The molecular formula is C24H17N2O2-. The number of carbonyl (C=O) groups is 1. The van der Waals surface area contributed by atoms with Crippen molar-refractivity contribution in [2.24, 2.45) is 0 Å². The van der Waals surface area contributed by atoms with E-state index in [1.165, 1.54) is 6.08 Å². The predicted molar refractivity (Wildman–Crippen MR) is 108 cm³/mol. The molecule has 0 N–H and O–H groups in total. The Morgan fingerprint density at radius 1 is 0.786 bits per heavy atom. The molecular weight excluding hydrogens is 348 g/mol. The molecule has 0 radical (unpaired) electrons. The minimum Gasteiger partial charge on any atom is -0.545 e. The molecule has 1 heterocycles. The minimum absolute atomic E-state index is 0.709. The van der Waals surface area contributed by atoms with Crippen molar-refractivity contribution in [3.63, 3.8) is 0 Å². The van der Waals surface area contributed by atoms with Crippen molar-refractivity contribution < 1.29 is 9.90 Å². The van der Waals surface area contributed by atoms with Crippen LogP contribution in [0.4, 0.5) is 0 Å². The molecule has 1 aromatic heterocycles. The third-order valence-corrected chi connectivity index (χ3v) is 4.43. The summed E-state index contributed by atoms with van der Waals surface area (Å²) in [5.74, 6) is -1.24. The fraction of sp³-hybridized carbons (Fsp3) is 0. The van der Waals surface area contributed by atoms with Gasteiger partial charge in [0.25, 0.3) is 0 Å². The van der Waals surface area contributed by atoms with Crippen LogP contribution in [0.15, 0.2) is 97.2 Å². The fourth-order valence-corrected chi connectivity index (χ4v) is 3.06. The van der Waals surface area contributed by atoms with E-state index in [9.17, 15) is 9.90 Å². The van der Waals surface area contributed by atoms with Crippen molar-refractivity contribution in [1.29, 1.82) is 0 Å². The molecule has 0 aliphatic heterocycles. The highest BCUT2D eigenvalue weighted by Crippen LogP contribution is 2.27. The zero-order chi connectivity index (χ0) is 19.3. The van der Waals surface area contributed by atoms with E-state index < -0.39 is 5.97 Å². The van der Waals surface area contributed by atoms with Gasteiger partial charge >= 0.3 is 0 Å². The summed E-state index contributed by atoms with van der Waals surface area (Å²) in [5, 5.41) is 15.6. The number of carboxylic acids is 1. The maximum absolute atomic E-state index is 10.9. The highest BCUT2D eigenvalue weighted by atomic mass is 16.4. The van der Waals surface area contributed by atoms with Crippen molar-refractivity contribution in [3.8, 4) is 28.1 Å². The van der Waals surface area contributed by atoms with Gasteiger partial charge in [0.2, 0.25) is 0 Å². The van der Waals surface area contributed by atoms with E-state index >= 15 is 0 Å². The molecule has 4 aromatic rings. The van der Waals surface area contributed by atoms with Crippen LogP contribution in [-0.2, 0) is 4.79 Å². The van der Waals surface area contributed by atoms with Crippen LogP contribution in [0, 0.1) is 0 Å². The summed E-state index contributed by atoms with van der Waals surface area (Å²) in [6.45, 7) is 0. The maximum atomic E-state index is 10.9. The monoisotopic (exact) mass is 365 g/mol. The lowest BCUT2D eigenvalue weighted by Crippen LogP contribution is -2.18. The number of nitrogens with zero attached hydrogens (tertiary/aromatic N) is 2. The quantitative estimate of drug-likeness (QED) is 0.503. The molecule has 0 bridgehead atoms. The molecule has 0 atom stereocenters. The van der Waals surface area contributed by atoms with Gasteiger partial charge in [0.05, 0.1) is 17.4 Å². The Kier molecular flexibility index (Phi) is 4.85. The SMILES string of the molecule is O=C([O-])/C=C/c1cn(-c2ccccc2)nc1-c1ccc(-c2ccccc2)cc1. The summed E-state index contributed by atoms with van der Waals surface area (Å²) in [7, 11) is 0. The van der Waals surface area contributed by atoms with Gasteiger partial charge in [-0.05, 0) is 35.4 Å². The topological polar surface area (TPSA) is 57.9 Å². The van der Waals surface area contributed by atoms with Gasteiger partial charge in [-0.15, -0.1) is 0 Å². The van der Waals surface area contributed by atoms with Crippen LogP contribution in [0.2, 0.25) is 0 Å². The molecule has 0 unspecified atom stereocenters. The van der Waals surface area contributed by atoms with Gasteiger partial charge in [0.1, 0.15) is 0 Å². The summed E-state index contributed by atoms with van der Waals surface area (Å²) in [5.41, 5.74) is 5.48. The average Bonchev–Trinajstić information content (AvgIpc) is 3.18. The first-order chi connectivity index (χ1) is 13.7. The van der Waals surface area contributed by atoms with Crippen molar-refractivity contribution in [1.82, 2.24) is 9.78 Å². The Morgan fingerprint density at radius 2 is 1.36 bits per heavy atom. The van der Waals surface area contributed by atoms with Crippen LogP contribution in [0.25, 0.3) is 34.1 Å². The smallest absolute Gasteiger partial charge is 0.0999 e. The number of aliphatic carboxylic acids is 1. The van der Waals surface area contributed by atoms with Gasteiger partial charge in [-0.2, -0.15) is 5.10 Å². The largest absolute Gasteiger partial charge is 0.545 e. The summed E-state index contributed by atoms with van der Waals surface area (Å²) >= 11 is 0. The van der Waals surface area contributed by atoms with E-state index in [2.05, 4.69) is 17.2 Å². The molecule has 136 valence electrons. The normalized spacial score (nSPS) is 11.0. The number of rotatable bonds is 5. The molecule has 0 amide bonds. The van der Waals surface area contributed by atoms with E-state index in [4.69, 9.17) is 0 Å². The molecule has 4 nitrogen and oxygen atoms in total. The Labute approximate surface area is 163 Å². The number of aromatic nitrogens is 2. The lowest BCUT2D eigenvalue weighted by atomic mass is 10.0. The Hall–Kier alpha value is -3.92. The molecule has 0 fully saturated rings. The lowest BCUT2D eigenvalue weighted by molar-refractivity contribution is -0.297. The van der Waals surface area contributed by atoms with E-state index in [0.717, 1.165) is 28.5 Å². The first-order valence-corrected chi connectivity index (χ1v) is 8.91. The van der Waals surface area contributed by atoms with E-state index in [1.54, 1.807) is 4.68 Å². The molecule has 0 saturated heterocycles. The second-order valence-corrected chi connectivity index (χ2v) is 6.31. The Bertz CT molecular complexity index is 1110. The summed E-state index contributed by atoms with van der Waals surface area (Å²) in [6, 6.07) is 27.9. The molecule has 4 rings (SSSR count). The number of carboxylic acid groups (broad SMARTS) is 1. The molecule has 4 heteroatoms. The molecule has 0 aliphatic rings. The van der Waals surface area contributed by atoms with Crippen LogP contribution in [0.5, 0.6) is 0 Å². The van der Waals surface area contributed by atoms with Gasteiger partial charge in [-0.25, -0.2) is 4.68 Å². The van der Waals surface area contributed by atoms with Crippen LogP contribution in [0.3, 0.4) is 0 Å². The Balaban J connectivity index is 1.75. The second kappa shape index (κ2) is 7.76. The summed E-state index contributed by atoms with van der Waals surface area (Å²) < 4.78 is 1.75.